The third-order valence-corrected chi connectivity index (χ3v) is 5.11. The van der Waals surface area contributed by atoms with E-state index in [1.165, 1.54) is 10.2 Å². The van der Waals surface area contributed by atoms with Crippen molar-refractivity contribution in [2.45, 2.75) is 12.5 Å². The van der Waals surface area contributed by atoms with Gasteiger partial charge in [-0.15, -0.1) is 0 Å². The summed E-state index contributed by atoms with van der Waals surface area (Å²) in [4.78, 5) is 26.8. The van der Waals surface area contributed by atoms with Crippen molar-refractivity contribution < 1.29 is 4.79 Å². The highest BCUT2D eigenvalue weighted by Crippen LogP contribution is 2.20. The van der Waals surface area contributed by atoms with Gasteiger partial charge in [-0.1, -0.05) is 18.2 Å². The number of aryl methyl sites for hydroxylation is 1. The molecule has 7 heteroatoms. The summed E-state index contributed by atoms with van der Waals surface area (Å²) < 4.78 is 1.29. The van der Waals surface area contributed by atoms with Crippen LogP contribution < -0.4 is 10.9 Å². The van der Waals surface area contributed by atoms with E-state index in [9.17, 15) is 9.59 Å². The fourth-order valence-electron chi connectivity index (χ4n) is 2.99. The zero-order chi connectivity index (χ0) is 18.7. The number of benzene rings is 1. The van der Waals surface area contributed by atoms with Gasteiger partial charge in [0, 0.05) is 19.0 Å². The van der Waals surface area contributed by atoms with Crippen molar-refractivity contribution in [3.05, 3.63) is 62.7 Å². The second-order valence-corrected chi connectivity index (χ2v) is 7.22. The molecule has 0 saturated carbocycles. The van der Waals surface area contributed by atoms with Crippen molar-refractivity contribution in [1.82, 2.24) is 20.0 Å². The van der Waals surface area contributed by atoms with E-state index in [0.29, 0.717) is 17.6 Å². The molecular formula is C19H22N4O2S. The number of hydrogen-bond acceptors (Lipinski definition) is 5. The molecule has 136 valence electrons. The molecule has 2 aromatic heterocycles. The normalized spacial score (nSPS) is 12.5. The maximum absolute atomic E-state index is 12.5. The fourth-order valence-corrected chi connectivity index (χ4v) is 3.70. The Kier molecular flexibility index (Phi) is 5.49. The Hall–Kier alpha value is -2.51. The van der Waals surface area contributed by atoms with Crippen molar-refractivity contribution >= 4 is 28.0 Å². The number of carbonyl (C=O) groups excluding carboxylic acids is 1. The second kappa shape index (κ2) is 7.80. The first-order valence-electron chi connectivity index (χ1n) is 8.37. The minimum absolute atomic E-state index is 0.108. The number of thiophene rings is 1. The standard InChI is InChI=1S/C19H22N4O2S/c1-22(2)17(13-8-9-26-12-13)11-20-18(24)10-16-14-6-4-5-7-15(14)19(25)23(3)21-16/h4-9,12,17H,10-11H2,1-3H3,(H,20,24). The largest absolute Gasteiger partial charge is 0.354 e. The van der Waals surface area contributed by atoms with Crippen LogP contribution in [-0.2, 0) is 18.3 Å². The number of carbonyl (C=O) groups is 1. The van der Waals surface area contributed by atoms with Gasteiger partial charge in [-0.3, -0.25) is 9.59 Å². The lowest BCUT2D eigenvalue weighted by Gasteiger charge is -2.24. The van der Waals surface area contributed by atoms with Gasteiger partial charge in [-0.2, -0.15) is 16.4 Å². The highest BCUT2D eigenvalue weighted by Gasteiger charge is 2.17. The van der Waals surface area contributed by atoms with Crippen LogP contribution in [0.25, 0.3) is 10.8 Å². The Labute approximate surface area is 156 Å². The predicted octanol–water partition coefficient (Wildman–Crippen LogP) is 1.96. The Morgan fingerprint density at radius 3 is 2.65 bits per heavy atom. The van der Waals surface area contributed by atoms with Crippen LogP contribution in [0.3, 0.4) is 0 Å². The molecule has 0 aliphatic carbocycles. The number of amides is 1. The molecule has 0 bridgehead atoms. The van der Waals surface area contributed by atoms with Gasteiger partial charge in [0.1, 0.15) is 0 Å². The first kappa shape index (κ1) is 18.3. The molecule has 0 radical (unpaired) electrons. The minimum atomic E-state index is -0.158. The summed E-state index contributed by atoms with van der Waals surface area (Å²) in [6.45, 7) is 0.520. The summed E-state index contributed by atoms with van der Waals surface area (Å²) in [6.07, 6.45) is 0.137. The molecule has 0 aliphatic heterocycles. The van der Waals surface area contributed by atoms with Crippen LogP contribution in [-0.4, -0.2) is 41.2 Å². The zero-order valence-corrected chi connectivity index (χ0v) is 15.9. The molecule has 1 N–H and O–H groups in total. The molecular weight excluding hydrogens is 348 g/mol. The summed E-state index contributed by atoms with van der Waals surface area (Å²) >= 11 is 1.64. The van der Waals surface area contributed by atoms with Crippen LogP contribution in [0.15, 0.2) is 45.9 Å². The molecule has 0 aliphatic rings. The average molecular weight is 370 g/mol. The lowest BCUT2D eigenvalue weighted by Crippen LogP contribution is -2.35. The van der Waals surface area contributed by atoms with Gasteiger partial charge in [0.25, 0.3) is 5.56 Å². The molecule has 0 saturated heterocycles. The van der Waals surface area contributed by atoms with E-state index < -0.39 is 0 Å². The number of rotatable bonds is 6. The fraction of sp³-hybridized carbons (Fsp3) is 0.316. The molecule has 3 rings (SSSR count). The minimum Gasteiger partial charge on any atom is -0.354 e. The number of aromatic nitrogens is 2. The maximum Gasteiger partial charge on any atom is 0.274 e. The van der Waals surface area contributed by atoms with Gasteiger partial charge in [-0.05, 0) is 42.6 Å². The van der Waals surface area contributed by atoms with E-state index in [2.05, 4.69) is 26.8 Å². The lowest BCUT2D eigenvalue weighted by atomic mass is 10.1. The van der Waals surface area contributed by atoms with E-state index in [1.54, 1.807) is 24.5 Å². The number of hydrogen-bond donors (Lipinski definition) is 1. The third-order valence-electron chi connectivity index (χ3n) is 4.40. The van der Waals surface area contributed by atoms with E-state index in [4.69, 9.17) is 0 Å². The van der Waals surface area contributed by atoms with Gasteiger partial charge < -0.3 is 10.2 Å². The van der Waals surface area contributed by atoms with Crippen LogP contribution >= 0.6 is 11.3 Å². The van der Waals surface area contributed by atoms with Gasteiger partial charge in [-0.25, -0.2) is 4.68 Å². The highest BCUT2D eigenvalue weighted by molar-refractivity contribution is 7.07. The summed E-state index contributed by atoms with van der Waals surface area (Å²) in [5.74, 6) is -0.108. The number of nitrogens with one attached hydrogen (secondary N) is 1. The van der Waals surface area contributed by atoms with Crippen LogP contribution in [0.1, 0.15) is 17.3 Å². The van der Waals surface area contributed by atoms with Crippen LogP contribution in [0.5, 0.6) is 0 Å². The predicted molar refractivity (Wildman–Crippen MR) is 104 cm³/mol. The van der Waals surface area contributed by atoms with Gasteiger partial charge >= 0.3 is 0 Å². The Morgan fingerprint density at radius 2 is 2.00 bits per heavy atom. The van der Waals surface area contributed by atoms with E-state index >= 15 is 0 Å². The van der Waals surface area contributed by atoms with E-state index in [1.807, 2.05) is 37.7 Å². The lowest BCUT2D eigenvalue weighted by molar-refractivity contribution is -0.120. The van der Waals surface area contributed by atoms with Crippen LogP contribution in [0.2, 0.25) is 0 Å². The van der Waals surface area contributed by atoms with Crippen molar-refractivity contribution in [3.8, 4) is 0 Å². The Balaban J connectivity index is 1.75. The SMILES string of the molecule is CN(C)C(CNC(=O)Cc1nn(C)c(=O)c2ccccc12)c1ccsc1. The van der Waals surface area contributed by atoms with Gasteiger partial charge in [0.05, 0.1) is 23.5 Å². The molecule has 1 amide bonds. The molecule has 1 aromatic carbocycles. The van der Waals surface area contributed by atoms with E-state index in [-0.39, 0.29) is 23.9 Å². The maximum atomic E-state index is 12.5. The average Bonchev–Trinajstić information content (AvgIpc) is 3.13. The van der Waals surface area contributed by atoms with E-state index in [0.717, 1.165) is 5.39 Å². The Morgan fingerprint density at radius 1 is 1.27 bits per heavy atom. The molecule has 1 atom stereocenters. The summed E-state index contributed by atoms with van der Waals surface area (Å²) in [5, 5.41) is 12.7. The number of likely N-dealkylation sites (N-methyl/N-ethyl adjacent to an activating group) is 1. The van der Waals surface area contributed by atoms with Gasteiger partial charge in [0.15, 0.2) is 0 Å². The molecule has 1 unspecified atom stereocenters. The van der Waals surface area contributed by atoms with Crippen LogP contribution in [0, 0.1) is 0 Å². The smallest absolute Gasteiger partial charge is 0.274 e. The summed E-state index contributed by atoms with van der Waals surface area (Å²) in [7, 11) is 5.60. The molecule has 0 fully saturated rings. The van der Waals surface area contributed by atoms with Crippen molar-refractivity contribution in [3.63, 3.8) is 0 Å². The Bertz CT molecular complexity index is 963. The van der Waals surface area contributed by atoms with Crippen molar-refractivity contribution in [2.24, 2.45) is 7.05 Å². The monoisotopic (exact) mass is 370 g/mol. The molecule has 2 heterocycles. The topological polar surface area (TPSA) is 67.2 Å². The number of fused-ring (bicyclic) bond motifs is 1. The van der Waals surface area contributed by atoms with Crippen molar-refractivity contribution in [1.29, 1.82) is 0 Å². The second-order valence-electron chi connectivity index (χ2n) is 6.44. The first-order valence-corrected chi connectivity index (χ1v) is 9.32. The first-order chi connectivity index (χ1) is 12.5. The summed E-state index contributed by atoms with van der Waals surface area (Å²) in [6, 6.07) is 9.46. The van der Waals surface area contributed by atoms with Crippen molar-refractivity contribution in [2.75, 3.05) is 20.6 Å². The zero-order valence-electron chi connectivity index (χ0n) is 15.1. The molecule has 0 spiro atoms. The molecule has 26 heavy (non-hydrogen) atoms. The molecule has 6 nitrogen and oxygen atoms in total. The number of nitrogens with zero attached hydrogens (tertiary/aromatic N) is 3. The highest BCUT2D eigenvalue weighted by atomic mass is 32.1. The van der Waals surface area contributed by atoms with Crippen LogP contribution in [0.4, 0.5) is 0 Å². The molecule has 3 aromatic rings. The third kappa shape index (κ3) is 3.84. The quantitative estimate of drug-likeness (QED) is 0.720. The summed E-state index contributed by atoms with van der Waals surface area (Å²) in [5.41, 5.74) is 1.64. The van der Waals surface area contributed by atoms with Gasteiger partial charge in [0.2, 0.25) is 5.91 Å².